The van der Waals surface area contributed by atoms with Gasteiger partial charge in [-0.15, -0.1) is 0 Å². The van der Waals surface area contributed by atoms with Crippen LogP contribution < -0.4 is 0 Å². The Morgan fingerprint density at radius 3 is 2.56 bits per heavy atom. The van der Waals surface area contributed by atoms with Crippen LogP contribution in [0.2, 0.25) is 0 Å². The fraction of sp³-hybridized carbons (Fsp3) is 0.333. The second kappa shape index (κ2) is 3.82. The molecule has 0 radical (unpaired) electrons. The first-order valence-electron chi connectivity index (χ1n) is 5.77. The van der Waals surface area contributed by atoms with Crippen LogP contribution in [0.5, 0.6) is 5.75 Å². The molecule has 0 spiro atoms. The Kier molecular flexibility index (Phi) is 2.63. The Bertz CT molecular complexity index is 512. The number of hydrogen-bond donors (Lipinski definition) is 1. The van der Waals surface area contributed by atoms with Gasteiger partial charge in [-0.25, -0.2) is 0 Å². The molecule has 0 heterocycles. The van der Waals surface area contributed by atoms with Gasteiger partial charge < -0.3 is 5.11 Å². The number of hydrogen-bond acceptors (Lipinski definition) is 1. The molecule has 0 aliphatic heterocycles. The van der Waals surface area contributed by atoms with E-state index in [0.717, 1.165) is 17.2 Å². The number of phenolic OH excluding ortho intramolecular Hbond substituents is 1. The summed E-state index contributed by atoms with van der Waals surface area (Å²) in [5.41, 5.74) is 1.52. The topological polar surface area (TPSA) is 20.2 Å². The molecule has 0 saturated heterocycles. The van der Waals surface area contributed by atoms with Crippen molar-refractivity contribution in [2.75, 3.05) is 0 Å². The van der Waals surface area contributed by atoms with Crippen molar-refractivity contribution in [3.63, 3.8) is 0 Å². The molecule has 0 bridgehead atoms. The van der Waals surface area contributed by atoms with E-state index in [9.17, 15) is 5.11 Å². The molecule has 0 amide bonds. The van der Waals surface area contributed by atoms with E-state index in [1.165, 1.54) is 5.56 Å². The predicted octanol–water partition coefficient (Wildman–Crippen LogP) is 4.23. The zero-order chi connectivity index (χ0) is 11.8. The van der Waals surface area contributed by atoms with Crippen LogP contribution >= 0.6 is 0 Å². The van der Waals surface area contributed by atoms with Crippen molar-refractivity contribution in [2.24, 2.45) is 0 Å². The number of rotatable bonds is 2. The standard InChI is InChI=1S/C15H18O/c1-4-15(2,3)12-8-9-13-11(10-12)6-5-7-14(13)16/h5-10,16H,4H2,1-3H3. The fourth-order valence-corrected chi connectivity index (χ4v) is 1.89. The third-order valence-electron chi connectivity index (χ3n) is 3.52. The van der Waals surface area contributed by atoms with Gasteiger partial charge in [-0.1, -0.05) is 51.1 Å². The van der Waals surface area contributed by atoms with Crippen molar-refractivity contribution in [1.29, 1.82) is 0 Å². The van der Waals surface area contributed by atoms with Crippen LogP contribution in [0.3, 0.4) is 0 Å². The Balaban J connectivity index is 2.61. The third kappa shape index (κ3) is 1.78. The SMILES string of the molecule is CCC(C)(C)c1ccc2c(O)cccc2c1. The van der Waals surface area contributed by atoms with Gasteiger partial charge >= 0.3 is 0 Å². The molecule has 0 aliphatic carbocycles. The molecule has 2 aromatic carbocycles. The maximum Gasteiger partial charge on any atom is 0.123 e. The van der Waals surface area contributed by atoms with Gasteiger partial charge in [0.05, 0.1) is 0 Å². The molecular weight excluding hydrogens is 196 g/mol. The Labute approximate surface area is 96.7 Å². The van der Waals surface area contributed by atoms with E-state index < -0.39 is 0 Å². The van der Waals surface area contributed by atoms with E-state index in [1.54, 1.807) is 6.07 Å². The van der Waals surface area contributed by atoms with Crippen LogP contribution in [-0.2, 0) is 5.41 Å². The molecule has 2 aromatic rings. The highest BCUT2D eigenvalue weighted by Crippen LogP contribution is 2.31. The monoisotopic (exact) mass is 214 g/mol. The minimum absolute atomic E-state index is 0.194. The first-order chi connectivity index (χ1) is 7.54. The van der Waals surface area contributed by atoms with Crippen molar-refractivity contribution < 1.29 is 5.11 Å². The van der Waals surface area contributed by atoms with Crippen LogP contribution in [0.1, 0.15) is 32.8 Å². The van der Waals surface area contributed by atoms with Gasteiger partial charge in [0.2, 0.25) is 0 Å². The molecule has 0 atom stereocenters. The quantitative estimate of drug-likeness (QED) is 0.793. The van der Waals surface area contributed by atoms with E-state index in [1.807, 2.05) is 18.2 Å². The Hall–Kier alpha value is -1.50. The Morgan fingerprint density at radius 1 is 1.12 bits per heavy atom. The molecule has 84 valence electrons. The van der Waals surface area contributed by atoms with Gasteiger partial charge in [0.15, 0.2) is 0 Å². The van der Waals surface area contributed by atoms with Crippen LogP contribution in [0.4, 0.5) is 0 Å². The Morgan fingerprint density at radius 2 is 1.88 bits per heavy atom. The van der Waals surface area contributed by atoms with E-state index in [4.69, 9.17) is 0 Å². The number of benzene rings is 2. The van der Waals surface area contributed by atoms with Gasteiger partial charge in [0.25, 0.3) is 0 Å². The lowest BCUT2D eigenvalue weighted by atomic mass is 9.81. The summed E-state index contributed by atoms with van der Waals surface area (Å²) >= 11 is 0. The molecule has 0 fully saturated rings. The van der Waals surface area contributed by atoms with Gasteiger partial charge in [0.1, 0.15) is 5.75 Å². The lowest BCUT2D eigenvalue weighted by Crippen LogP contribution is -2.15. The van der Waals surface area contributed by atoms with Crippen molar-refractivity contribution in [3.05, 3.63) is 42.0 Å². The molecule has 2 rings (SSSR count). The van der Waals surface area contributed by atoms with E-state index in [2.05, 4.69) is 32.9 Å². The molecule has 1 heteroatoms. The summed E-state index contributed by atoms with van der Waals surface area (Å²) < 4.78 is 0. The number of aromatic hydroxyl groups is 1. The average molecular weight is 214 g/mol. The fourth-order valence-electron chi connectivity index (χ4n) is 1.89. The summed E-state index contributed by atoms with van der Waals surface area (Å²) in [4.78, 5) is 0. The number of fused-ring (bicyclic) bond motifs is 1. The summed E-state index contributed by atoms with van der Waals surface area (Å²) in [6.45, 7) is 6.70. The molecule has 0 aromatic heterocycles. The summed E-state index contributed by atoms with van der Waals surface area (Å²) in [6, 6.07) is 12.0. The maximum absolute atomic E-state index is 9.72. The lowest BCUT2D eigenvalue weighted by molar-refractivity contribution is 0.481. The highest BCUT2D eigenvalue weighted by Gasteiger charge is 2.18. The minimum atomic E-state index is 0.194. The minimum Gasteiger partial charge on any atom is -0.507 e. The van der Waals surface area contributed by atoms with E-state index >= 15 is 0 Å². The number of phenols is 1. The van der Waals surface area contributed by atoms with Crippen molar-refractivity contribution in [2.45, 2.75) is 32.6 Å². The van der Waals surface area contributed by atoms with Gasteiger partial charge in [-0.2, -0.15) is 0 Å². The molecule has 16 heavy (non-hydrogen) atoms. The van der Waals surface area contributed by atoms with Crippen LogP contribution in [0.15, 0.2) is 36.4 Å². The zero-order valence-electron chi connectivity index (χ0n) is 10.1. The van der Waals surface area contributed by atoms with E-state index in [0.29, 0.717) is 5.75 Å². The summed E-state index contributed by atoms with van der Waals surface area (Å²) in [5, 5.41) is 11.8. The first kappa shape index (κ1) is 11.0. The highest BCUT2D eigenvalue weighted by atomic mass is 16.3. The van der Waals surface area contributed by atoms with Gasteiger partial charge in [-0.05, 0) is 28.9 Å². The summed E-state index contributed by atoms with van der Waals surface area (Å²) in [7, 11) is 0. The maximum atomic E-state index is 9.72. The van der Waals surface area contributed by atoms with Gasteiger partial charge in [-0.3, -0.25) is 0 Å². The molecule has 0 aliphatic rings. The predicted molar refractivity (Wildman–Crippen MR) is 68.9 cm³/mol. The molecule has 1 nitrogen and oxygen atoms in total. The average Bonchev–Trinajstić information content (AvgIpc) is 2.29. The summed E-state index contributed by atoms with van der Waals surface area (Å²) in [6.07, 6.45) is 1.11. The largest absolute Gasteiger partial charge is 0.507 e. The molecular formula is C15H18O. The zero-order valence-corrected chi connectivity index (χ0v) is 10.1. The molecule has 0 saturated carbocycles. The molecule has 1 N–H and O–H groups in total. The van der Waals surface area contributed by atoms with Crippen molar-refractivity contribution in [3.8, 4) is 5.75 Å². The third-order valence-corrected chi connectivity index (χ3v) is 3.52. The van der Waals surface area contributed by atoms with Crippen molar-refractivity contribution >= 4 is 10.8 Å². The van der Waals surface area contributed by atoms with E-state index in [-0.39, 0.29) is 5.41 Å². The van der Waals surface area contributed by atoms with Crippen LogP contribution in [0, 0.1) is 0 Å². The van der Waals surface area contributed by atoms with Crippen molar-refractivity contribution in [1.82, 2.24) is 0 Å². The first-order valence-corrected chi connectivity index (χ1v) is 5.77. The van der Waals surface area contributed by atoms with Gasteiger partial charge in [0, 0.05) is 5.39 Å². The van der Waals surface area contributed by atoms with Crippen LogP contribution in [-0.4, -0.2) is 5.11 Å². The van der Waals surface area contributed by atoms with Crippen LogP contribution in [0.25, 0.3) is 10.8 Å². The lowest BCUT2D eigenvalue weighted by Gasteiger charge is -2.23. The highest BCUT2D eigenvalue weighted by molar-refractivity contribution is 5.88. The second-order valence-corrected chi connectivity index (χ2v) is 4.95. The smallest absolute Gasteiger partial charge is 0.123 e. The molecule has 0 unspecified atom stereocenters. The second-order valence-electron chi connectivity index (χ2n) is 4.95. The summed E-state index contributed by atoms with van der Waals surface area (Å²) in [5.74, 6) is 0.360. The normalized spacial score (nSPS) is 11.9.